The highest BCUT2D eigenvalue weighted by Crippen LogP contribution is 2.26. The van der Waals surface area contributed by atoms with Crippen LogP contribution in [-0.2, 0) is 4.74 Å². The number of aromatic nitrogens is 3. The summed E-state index contributed by atoms with van der Waals surface area (Å²) in [6, 6.07) is 7.91. The van der Waals surface area contributed by atoms with Gasteiger partial charge in [-0.15, -0.1) is 0 Å². The number of piperazine rings is 1. The second-order valence-corrected chi connectivity index (χ2v) is 8.32. The molecule has 1 aliphatic heterocycles. The van der Waals surface area contributed by atoms with Gasteiger partial charge in [-0.3, -0.25) is 9.88 Å². The van der Waals surface area contributed by atoms with Crippen molar-refractivity contribution in [1.82, 2.24) is 19.3 Å². The van der Waals surface area contributed by atoms with Gasteiger partial charge >= 0.3 is 5.63 Å². The predicted octanol–water partition coefficient (Wildman–Crippen LogP) is 3.91. The van der Waals surface area contributed by atoms with Gasteiger partial charge in [-0.2, -0.15) is 0 Å². The Morgan fingerprint density at radius 3 is 2.53 bits per heavy atom. The van der Waals surface area contributed by atoms with Crippen molar-refractivity contribution < 1.29 is 9.15 Å². The first-order chi connectivity index (χ1) is 16.5. The number of hydrogen-bond donors (Lipinski definition) is 0. The Bertz CT molecular complexity index is 1340. The lowest BCUT2D eigenvalue weighted by Crippen LogP contribution is -2.47. The average Bonchev–Trinajstić information content (AvgIpc) is 3.29. The van der Waals surface area contributed by atoms with Gasteiger partial charge in [0.05, 0.1) is 23.4 Å². The van der Waals surface area contributed by atoms with Crippen LogP contribution in [-0.4, -0.2) is 65.7 Å². The van der Waals surface area contributed by atoms with Crippen LogP contribution in [0.4, 0.5) is 5.69 Å². The first-order valence-corrected chi connectivity index (χ1v) is 11.9. The van der Waals surface area contributed by atoms with E-state index in [1.807, 2.05) is 62.7 Å². The normalized spacial score (nSPS) is 14.4. The molecule has 34 heavy (non-hydrogen) atoms. The van der Waals surface area contributed by atoms with Crippen LogP contribution in [0.1, 0.15) is 25.2 Å². The number of methoxy groups -OCH3 is 1. The second kappa shape index (κ2) is 10.4. The lowest BCUT2D eigenvalue weighted by molar-refractivity contribution is 0.144. The maximum atomic E-state index is 12.9. The number of ether oxygens (including phenoxy) is 1. The number of nitrogens with zero attached hydrogens (tertiary/aromatic N) is 5. The highest BCUT2D eigenvalue weighted by Gasteiger charge is 2.18. The van der Waals surface area contributed by atoms with Crippen molar-refractivity contribution >= 4 is 22.1 Å². The molecule has 0 bridgehead atoms. The van der Waals surface area contributed by atoms with E-state index < -0.39 is 0 Å². The van der Waals surface area contributed by atoms with Gasteiger partial charge in [0.25, 0.3) is 0 Å². The molecule has 0 amide bonds. The highest BCUT2D eigenvalue weighted by molar-refractivity contribution is 5.87. The number of rotatable bonds is 5. The van der Waals surface area contributed by atoms with Gasteiger partial charge in [0.15, 0.2) is 11.4 Å². The molecule has 1 saturated heterocycles. The predicted molar refractivity (Wildman–Crippen MR) is 136 cm³/mol. The SMILES string of the molecule is CC.COCCN1CCN(c2ccc3cc(-c4cn5cc(C)nc(C)c5n4)oc(=O)c3c2)CC1. The fraction of sp³-hybridized carbons (Fsp3) is 0.423. The average molecular weight is 464 g/mol. The van der Waals surface area contributed by atoms with E-state index in [9.17, 15) is 4.79 Å². The number of fused-ring (bicyclic) bond motifs is 2. The van der Waals surface area contributed by atoms with Crippen LogP contribution in [0.15, 0.2) is 45.9 Å². The Morgan fingerprint density at radius 2 is 1.79 bits per heavy atom. The molecule has 1 aromatic carbocycles. The van der Waals surface area contributed by atoms with E-state index in [1.54, 1.807) is 7.11 Å². The summed E-state index contributed by atoms with van der Waals surface area (Å²) in [6.07, 6.45) is 3.79. The van der Waals surface area contributed by atoms with E-state index in [2.05, 4.69) is 25.8 Å². The van der Waals surface area contributed by atoms with Gasteiger partial charge in [0.1, 0.15) is 5.69 Å². The minimum Gasteiger partial charge on any atom is -0.421 e. The summed E-state index contributed by atoms with van der Waals surface area (Å²) in [6.45, 7) is 13.4. The summed E-state index contributed by atoms with van der Waals surface area (Å²) in [5, 5.41) is 1.44. The van der Waals surface area contributed by atoms with Crippen molar-refractivity contribution in [2.75, 3.05) is 51.3 Å². The molecule has 1 fully saturated rings. The molecule has 0 saturated carbocycles. The molecule has 8 heteroatoms. The molecular weight excluding hydrogens is 430 g/mol. The summed E-state index contributed by atoms with van der Waals surface area (Å²) in [5.41, 5.74) is 3.83. The minimum absolute atomic E-state index is 0.346. The van der Waals surface area contributed by atoms with Crippen molar-refractivity contribution in [3.05, 3.63) is 58.5 Å². The van der Waals surface area contributed by atoms with E-state index >= 15 is 0 Å². The number of imidazole rings is 1. The van der Waals surface area contributed by atoms with Gasteiger partial charge < -0.3 is 18.5 Å². The molecule has 0 spiro atoms. The Balaban J connectivity index is 0.00000133. The largest absolute Gasteiger partial charge is 0.421 e. The number of anilines is 1. The van der Waals surface area contributed by atoms with Gasteiger partial charge in [-0.25, -0.2) is 9.78 Å². The van der Waals surface area contributed by atoms with Gasteiger partial charge in [0.2, 0.25) is 0 Å². The zero-order valence-corrected chi connectivity index (χ0v) is 20.7. The van der Waals surface area contributed by atoms with Crippen molar-refractivity contribution in [3.8, 4) is 11.5 Å². The second-order valence-electron chi connectivity index (χ2n) is 8.32. The monoisotopic (exact) mass is 463 g/mol. The van der Waals surface area contributed by atoms with Crippen molar-refractivity contribution in [2.45, 2.75) is 27.7 Å². The Morgan fingerprint density at radius 1 is 1.03 bits per heavy atom. The van der Waals surface area contributed by atoms with E-state index in [0.717, 1.165) is 67.4 Å². The fourth-order valence-electron chi connectivity index (χ4n) is 4.37. The molecular formula is C26H33N5O3. The molecule has 0 N–H and O–H groups in total. The molecule has 1 aliphatic rings. The van der Waals surface area contributed by atoms with Crippen LogP contribution in [0.3, 0.4) is 0 Å². The third-order valence-corrected chi connectivity index (χ3v) is 6.07. The van der Waals surface area contributed by atoms with Crippen LogP contribution < -0.4 is 10.5 Å². The van der Waals surface area contributed by atoms with Crippen LogP contribution in [0.2, 0.25) is 0 Å². The molecule has 180 valence electrons. The summed E-state index contributed by atoms with van der Waals surface area (Å²) in [5.74, 6) is 0.461. The minimum atomic E-state index is -0.346. The molecule has 8 nitrogen and oxygen atoms in total. The molecule has 0 radical (unpaired) electrons. The first kappa shape index (κ1) is 23.9. The van der Waals surface area contributed by atoms with Crippen LogP contribution in [0.25, 0.3) is 27.9 Å². The summed E-state index contributed by atoms with van der Waals surface area (Å²) >= 11 is 0. The van der Waals surface area contributed by atoms with Crippen LogP contribution >= 0.6 is 0 Å². The number of benzene rings is 1. The summed E-state index contributed by atoms with van der Waals surface area (Å²) in [4.78, 5) is 26.7. The zero-order valence-electron chi connectivity index (χ0n) is 20.7. The quantitative estimate of drug-likeness (QED) is 0.444. The van der Waals surface area contributed by atoms with Crippen LogP contribution in [0.5, 0.6) is 0 Å². The lowest BCUT2D eigenvalue weighted by atomic mass is 10.1. The summed E-state index contributed by atoms with van der Waals surface area (Å²) in [7, 11) is 1.73. The number of hydrogen-bond acceptors (Lipinski definition) is 7. The lowest BCUT2D eigenvalue weighted by Gasteiger charge is -2.36. The molecule has 0 atom stereocenters. The molecule has 5 rings (SSSR count). The molecule has 4 aromatic rings. The topological polar surface area (TPSA) is 76.1 Å². The molecule has 0 unspecified atom stereocenters. The summed E-state index contributed by atoms with van der Waals surface area (Å²) < 4.78 is 12.8. The van der Waals surface area contributed by atoms with Crippen molar-refractivity contribution in [1.29, 1.82) is 0 Å². The van der Waals surface area contributed by atoms with E-state index in [1.165, 1.54) is 0 Å². The Hall–Kier alpha value is -3.23. The van der Waals surface area contributed by atoms with E-state index in [-0.39, 0.29) is 5.63 Å². The maximum Gasteiger partial charge on any atom is 0.344 e. The molecule has 4 heterocycles. The van der Waals surface area contributed by atoms with Gasteiger partial charge in [0, 0.05) is 57.9 Å². The fourth-order valence-corrected chi connectivity index (χ4v) is 4.37. The Kier molecular flexibility index (Phi) is 7.29. The first-order valence-electron chi connectivity index (χ1n) is 11.9. The molecule has 3 aromatic heterocycles. The van der Waals surface area contributed by atoms with E-state index in [4.69, 9.17) is 9.15 Å². The van der Waals surface area contributed by atoms with Crippen LogP contribution in [0, 0.1) is 13.8 Å². The number of aryl methyl sites for hydroxylation is 2. The van der Waals surface area contributed by atoms with Gasteiger partial charge in [-0.1, -0.05) is 19.9 Å². The van der Waals surface area contributed by atoms with Crippen molar-refractivity contribution in [2.24, 2.45) is 0 Å². The third-order valence-electron chi connectivity index (χ3n) is 6.07. The smallest absolute Gasteiger partial charge is 0.344 e. The molecule has 0 aliphatic carbocycles. The zero-order chi connectivity index (χ0) is 24.2. The van der Waals surface area contributed by atoms with Gasteiger partial charge in [-0.05, 0) is 37.4 Å². The standard InChI is InChI=1S/C24H27N5O3.C2H6/c1-16-14-29-15-21(26-23(29)17(2)25-16)22-12-18-4-5-19(13-20(18)24(30)32-22)28-8-6-27(7-9-28)10-11-31-3;1-2/h4-5,12-15H,6-11H2,1-3H3;1-2H3. The van der Waals surface area contributed by atoms with E-state index in [0.29, 0.717) is 16.8 Å². The highest BCUT2D eigenvalue weighted by atomic mass is 16.5. The maximum absolute atomic E-state index is 12.9. The van der Waals surface area contributed by atoms with Crippen molar-refractivity contribution in [3.63, 3.8) is 0 Å². The Labute approximate surface area is 199 Å². The third kappa shape index (κ3) is 4.83.